The minimum atomic E-state index is -3.31. The van der Waals surface area contributed by atoms with Crippen LogP contribution in [-0.2, 0) is 10.0 Å². The number of sulfonamides is 1. The quantitative estimate of drug-likeness (QED) is 0.803. The Bertz CT molecular complexity index is 549. The molecule has 0 unspecified atom stereocenters. The van der Waals surface area contributed by atoms with Crippen LogP contribution in [0.25, 0.3) is 0 Å². The van der Waals surface area contributed by atoms with Crippen molar-refractivity contribution in [3.05, 3.63) is 23.3 Å². The summed E-state index contributed by atoms with van der Waals surface area (Å²) in [5.41, 5.74) is 0.936. The van der Waals surface area contributed by atoms with E-state index in [1.807, 2.05) is 0 Å². The van der Waals surface area contributed by atoms with Gasteiger partial charge in [0.2, 0.25) is 10.0 Å². The first-order valence-electron chi connectivity index (χ1n) is 5.73. The number of rotatable bonds is 5. The van der Waals surface area contributed by atoms with Crippen molar-refractivity contribution < 1.29 is 13.2 Å². The lowest BCUT2D eigenvalue weighted by Crippen LogP contribution is -2.34. The van der Waals surface area contributed by atoms with Gasteiger partial charge in [0, 0.05) is 26.3 Å². The van der Waals surface area contributed by atoms with Gasteiger partial charge in [-0.05, 0) is 19.9 Å². The molecule has 1 rings (SSSR count). The number of nitrogens with zero attached hydrogens (tertiary/aromatic N) is 3. The highest BCUT2D eigenvalue weighted by atomic mass is 32.2. The van der Waals surface area contributed by atoms with Gasteiger partial charge in [0.15, 0.2) is 0 Å². The normalized spacial score (nSPS) is 11.6. The summed E-state index contributed by atoms with van der Waals surface area (Å²) in [5.74, 6) is -0.0389. The summed E-state index contributed by atoms with van der Waals surface area (Å²) in [5, 5.41) is 2.53. The van der Waals surface area contributed by atoms with Crippen LogP contribution in [0, 0.1) is 13.8 Å². The molecule has 0 saturated carbocycles. The molecular weight excluding hydrogens is 268 g/mol. The highest BCUT2D eigenvalue weighted by Gasteiger charge is 2.15. The van der Waals surface area contributed by atoms with Crippen LogP contribution >= 0.6 is 0 Å². The number of aryl methyl sites for hydroxylation is 2. The average molecular weight is 286 g/mol. The molecule has 19 heavy (non-hydrogen) atoms. The molecule has 1 aromatic heterocycles. The molecule has 1 N–H and O–H groups in total. The van der Waals surface area contributed by atoms with Crippen molar-refractivity contribution >= 4 is 15.9 Å². The third-order valence-electron chi connectivity index (χ3n) is 2.40. The second kappa shape index (κ2) is 6.07. The topological polar surface area (TPSA) is 92.3 Å². The molecule has 1 amide bonds. The van der Waals surface area contributed by atoms with E-state index in [4.69, 9.17) is 0 Å². The van der Waals surface area contributed by atoms with Gasteiger partial charge in [0.05, 0.1) is 5.75 Å². The van der Waals surface area contributed by atoms with Gasteiger partial charge in [-0.1, -0.05) is 0 Å². The lowest BCUT2D eigenvalue weighted by molar-refractivity contribution is 0.0950. The van der Waals surface area contributed by atoms with Gasteiger partial charge in [-0.2, -0.15) is 0 Å². The molecule has 0 aliphatic rings. The highest BCUT2D eigenvalue weighted by molar-refractivity contribution is 7.89. The number of carbonyl (C=O) groups excluding carboxylic acids is 1. The first kappa shape index (κ1) is 15.5. The molecule has 0 fully saturated rings. The van der Waals surface area contributed by atoms with E-state index in [0.717, 1.165) is 4.31 Å². The average Bonchev–Trinajstić information content (AvgIpc) is 2.27. The van der Waals surface area contributed by atoms with Gasteiger partial charge < -0.3 is 5.32 Å². The van der Waals surface area contributed by atoms with E-state index in [1.54, 1.807) is 19.9 Å². The van der Waals surface area contributed by atoms with Gasteiger partial charge in [-0.15, -0.1) is 0 Å². The summed E-state index contributed by atoms with van der Waals surface area (Å²) in [4.78, 5) is 19.9. The number of carbonyl (C=O) groups is 1. The first-order valence-corrected chi connectivity index (χ1v) is 7.34. The Morgan fingerprint density at radius 2 is 1.95 bits per heavy atom. The van der Waals surface area contributed by atoms with Gasteiger partial charge >= 0.3 is 0 Å². The zero-order chi connectivity index (χ0) is 14.6. The minimum absolute atomic E-state index is 0.0431. The summed E-state index contributed by atoms with van der Waals surface area (Å²) in [6.07, 6.45) is 0. The third-order valence-corrected chi connectivity index (χ3v) is 4.23. The minimum Gasteiger partial charge on any atom is -0.350 e. The zero-order valence-electron chi connectivity index (χ0n) is 11.5. The number of amides is 1. The molecule has 0 atom stereocenters. The molecule has 0 bridgehead atoms. The Morgan fingerprint density at radius 3 is 2.47 bits per heavy atom. The van der Waals surface area contributed by atoms with E-state index in [2.05, 4.69) is 15.3 Å². The van der Waals surface area contributed by atoms with E-state index in [0.29, 0.717) is 11.5 Å². The maximum atomic E-state index is 11.8. The number of aromatic nitrogens is 2. The molecule has 0 radical (unpaired) electrons. The summed E-state index contributed by atoms with van der Waals surface area (Å²) in [6.45, 7) is 3.50. The predicted octanol–water partition coefficient (Wildman–Crippen LogP) is -0.285. The Labute approximate surface area is 113 Å². The predicted molar refractivity (Wildman–Crippen MR) is 71.3 cm³/mol. The van der Waals surface area contributed by atoms with Crippen molar-refractivity contribution in [2.45, 2.75) is 13.8 Å². The van der Waals surface area contributed by atoms with Gasteiger partial charge in [0.25, 0.3) is 5.91 Å². The second-order valence-corrected chi connectivity index (χ2v) is 6.60. The second-order valence-electron chi connectivity index (χ2n) is 4.30. The van der Waals surface area contributed by atoms with Crippen LogP contribution in [0.1, 0.15) is 22.0 Å². The van der Waals surface area contributed by atoms with Crippen molar-refractivity contribution in [3.8, 4) is 0 Å². The van der Waals surface area contributed by atoms with E-state index in [9.17, 15) is 13.2 Å². The standard InChI is InChI=1S/C11H18N4O3S/c1-8-7-10(14-9(2)13-8)11(16)12-5-6-19(17,18)15(3)4/h7H,5-6H2,1-4H3,(H,12,16). The Kier molecular flexibility index (Phi) is 4.96. The van der Waals surface area contributed by atoms with Crippen LogP contribution in [0.4, 0.5) is 0 Å². The maximum absolute atomic E-state index is 11.8. The van der Waals surface area contributed by atoms with Crippen LogP contribution < -0.4 is 5.32 Å². The van der Waals surface area contributed by atoms with Crippen molar-refractivity contribution in [1.29, 1.82) is 0 Å². The number of hydrogen-bond donors (Lipinski definition) is 1. The van der Waals surface area contributed by atoms with Crippen molar-refractivity contribution in [2.75, 3.05) is 26.4 Å². The monoisotopic (exact) mass is 286 g/mol. The molecule has 0 saturated heterocycles. The van der Waals surface area contributed by atoms with Crippen LogP contribution in [0.5, 0.6) is 0 Å². The lowest BCUT2D eigenvalue weighted by Gasteiger charge is -2.11. The molecule has 0 spiro atoms. The molecule has 0 aromatic carbocycles. The van der Waals surface area contributed by atoms with Gasteiger partial charge in [-0.25, -0.2) is 22.7 Å². The maximum Gasteiger partial charge on any atom is 0.270 e. The fraction of sp³-hybridized carbons (Fsp3) is 0.545. The van der Waals surface area contributed by atoms with Gasteiger partial charge in [0.1, 0.15) is 11.5 Å². The van der Waals surface area contributed by atoms with Crippen LogP contribution in [0.3, 0.4) is 0 Å². The van der Waals surface area contributed by atoms with E-state index >= 15 is 0 Å². The third kappa shape index (κ3) is 4.56. The largest absolute Gasteiger partial charge is 0.350 e. The molecule has 1 aromatic rings. The first-order chi connectivity index (χ1) is 8.72. The molecular formula is C11H18N4O3S. The lowest BCUT2D eigenvalue weighted by atomic mass is 10.3. The number of nitrogens with one attached hydrogen (secondary N) is 1. The summed E-state index contributed by atoms with van der Waals surface area (Å²) in [7, 11) is -0.401. The van der Waals surface area contributed by atoms with Crippen molar-refractivity contribution in [2.24, 2.45) is 0 Å². The van der Waals surface area contributed by atoms with Crippen molar-refractivity contribution in [3.63, 3.8) is 0 Å². The van der Waals surface area contributed by atoms with Crippen molar-refractivity contribution in [1.82, 2.24) is 19.6 Å². The number of hydrogen-bond acceptors (Lipinski definition) is 5. The van der Waals surface area contributed by atoms with Gasteiger partial charge in [-0.3, -0.25) is 4.79 Å². The Balaban J connectivity index is 2.62. The van der Waals surface area contributed by atoms with Crippen LogP contribution in [0.2, 0.25) is 0 Å². The van der Waals surface area contributed by atoms with E-state index < -0.39 is 15.9 Å². The molecule has 7 nitrogen and oxygen atoms in total. The molecule has 0 aliphatic carbocycles. The van der Waals surface area contributed by atoms with E-state index in [1.165, 1.54) is 14.1 Å². The summed E-state index contributed by atoms with van der Waals surface area (Å²) < 4.78 is 24.1. The highest BCUT2D eigenvalue weighted by Crippen LogP contribution is 2.00. The molecule has 1 heterocycles. The SMILES string of the molecule is Cc1cc(C(=O)NCCS(=O)(=O)N(C)C)nc(C)n1. The van der Waals surface area contributed by atoms with Crippen LogP contribution in [0.15, 0.2) is 6.07 Å². The smallest absolute Gasteiger partial charge is 0.270 e. The molecule has 0 aliphatic heterocycles. The Morgan fingerprint density at radius 1 is 1.32 bits per heavy atom. The van der Waals surface area contributed by atoms with E-state index in [-0.39, 0.29) is 18.0 Å². The Hall–Kier alpha value is -1.54. The summed E-state index contributed by atoms with van der Waals surface area (Å²) >= 11 is 0. The molecule has 106 valence electrons. The summed E-state index contributed by atoms with van der Waals surface area (Å²) in [6, 6.07) is 1.56. The fourth-order valence-electron chi connectivity index (χ4n) is 1.40. The molecule has 8 heteroatoms. The van der Waals surface area contributed by atoms with Crippen LogP contribution in [-0.4, -0.2) is 55.0 Å². The fourth-order valence-corrected chi connectivity index (χ4v) is 2.13. The zero-order valence-corrected chi connectivity index (χ0v) is 12.3.